The fourth-order valence-electron chi connectivity index (χ4n) is 3.74. The van der Waals surface area contributed by atoms with Gasteiger partial charge in [0.1, 0.15) is 0 Å². The van der Waals surface area contributed by atoms with Crippen LogP contribution in [0, 0.1) is 5.82 Å². The summed E-state index contributed by atoms with van der Waals surface area (Å²) in [6.45, 7) is 4.57. The van der Waals surface area contributed by atoms with Crippen molar-refractivity contribution in [3.63, 3.8) is 0 Å². The average Bonchev–Trinajstić information content (AvgIpc) is 3.39. The van der Waals surface area contributed by atoms with Gasteiger partial charge in [-0.1, -0.05) is 12.6 Å². The van der Waals surface area contributed by atoms with E-state index in [2.05, 4.69) is 22.1 Å². The molecule has 2 heterocycles. The Balaban J connectivity index is 1.59. The van der Waals surface area contributed by atoms with Crippen molar-refractivity contribution in [2.75, 3.05) is 23.9 Å². The topological polar surface area (TPSA) is 53.2 Å². The van der Waals surface area contributed by atoms with Crippen LogP contribution in [0.2, 0.25) is 0 Å². The normalized spacial score (nSPS) is 16.6. The molecule has 9 heteroatoms. The number of H-pyrrole nitrogens is 1. The summed E-state index contributed by atoms with van der Waals surface area (Å²) in [7, 11) is 1.38. The highest BCUT2D eigenvalue weighted by atomic mass is 19.4. The Morgan fingerprint density at radius 3 is 2.71 bits per heavy atom. The van der Waals surface area contributed by atoms with Gasteiger partial charge in [0.15, 0.2) is 11.6 Å². The first-order chi connectivity index (χ1) is 14.8. The Kier molecular flexibility index (Phi) is 5.34. The summed E-state index contributed by atoms with van der Waals surface area (Å²) in [4.78, 5) is 1.76. The summed E-state index contributed by atoms with van der Waals surface area (Å²) in [5, 5.41) is 9.53. The minimum atomic E-state index is -4.52. The number of halogens is 4. The molecule has 0 saturated carbocycles. The number of nitrogens with one attached hydrogen (secondary N) is 2. The highest BCUT2D eigenvalue weighted by molar-refractivity contribution is 5.71. The Labute approximate surface area is 176 Å². The molecule has 0 bridgehead atoms. The first-order valence-electron chi connectivity index (χ1n) is 9.54. The van der Waals surface area contributed by atoms with Crippen molar-refractivity contribution in [3.8, 4) is 16.9 Å². The molecule has 0 radical (unpaired) electrons. The first kappa shape index (κ1) is 20.8. The lowest BCUT2D eigenvalue weighted by atomic mass is 10.0. The maximum absolute atomic E-state index is 13.7. The SMILES string of the molecule is C=C1C(Nc2ccc(F)c(OC)c2)CCN1c1ccc(-c2cn[nH]c2)c(C(F)(F)F)c1. The molecule has 162 valence electrons. The van der Waals surface area contributed by atoms with Crippen LogP contribution in [0.1, 0.15) is 12.0 Å². The van der Waals surface area contributed by atoms with Crippen LogP contribution in [-0.4, -0.2) is 29.9 Å². The lowest BCUT2D eigenvalue weighted by molar-refractivity contribution is -0.137. The number of anilines is 2. The van der Waals surface area contributed by atoms with E-state index in [1.54, 1.807) is 17.0 Å². The molecule has 2 N–H and O–H groups in total. The van der Waals surface area contributed by atoms with Gasteiger partial charge in [-0.25, -0.2) is 4.39 Å². The van der Waals surface area contributed by atoms with E-state index in [1.165, 1.54) is 37.7 Å². The zero-order chi connectivity index (χ0) is 22.2. The van der Waals surface area contributed by atoms with Crippen molar-refractivity contribution < 1.29 is 22.3 Å². The zero-order valence-corrected chi connectivity index (χ0v) is 16.6. The Hall–Kier alpha value is -3.49. The largest absolute Gasteiger partial charge is 0.494 e. The van der Waals surface area contributed by atoms with Gasteiger partial charge in [-0.05, 0) is 36.2 Å². The monoisotopic (exact) mass is 432 g/mol. The van der Waals surface area contributed by atoms with Crippen molar-refractivity contribution in [2.45, 2.75) is 18.6 Å². The predicted octanol–water partition coefficient (Wildman–Crippen LogP) is 5.45. The van der Waals surface area contributed by atoms with Gasteiger partial charge < -0.3 is 15.0 Å². The molecule has 2 aromatic carbocycles. The first-order valence-corrected chi connectivity index (χ1v) is 9.54. The summed E-state index contributed by atoms with van der Waals surface area (Å²) in [6.07, 6.45) is -1.11. The molecule has 1 aliphatic heterocycles. The van der Waals surface area contributed by atoms with Gasteiger partial charge in [-0.2, -0.15) is 18.3 Å². The fourth-order valence-corrected chi connectivity index (χ4v) is 3.74. The highest BCUT2D eigenvalue weighted by Gasteiger charge is 2.36. The summed E-state index contributed by atoms with van der Waals surface area (Å²) >= 11 is 0. The van der Waals surface area contributed by atoms with E-state index in [4.69, 9.17) is 4.74 Å². The van der Waals surface area contributed by atoms with Crippen LogP contribution in [-0.2, 0) is 6.18 Å². The number of hydrogen-bond acceptors (Lipinski definition) is 4. The second-order valence-electron chi connectivity index (χ2n) is 7.19. The Morgan fingerprint density at radius 1 is 1.23 bits per heavy atom. The van der Waals surface area contributed by atoms with Crippen molar-refractivity contribution in [1.29, 1.82) is 0 Å². The van der Waals surface area contributed by atoms with E-state index in [1.807, 2.05) is 0 Å². The van der Waals surface area contributed by atoms with Crippen LogP contribution >= 0.6 is 0 Å². The number of nitrogens with zero attached hydrogens (tertiary/aromatic N) is 2. The second-order valence-corrected chi connectivity index (χ2v) is 7.19. The van der Waals surface area contributed by atoms with Crippen LogP contribution in [0.5, 0.6) is 5.75 Å². The number of aromatic amines is 1. The number of rotatable bonds is 5. The predicted molar refractivity (Wildman–Crippen MR) is 110 cm³/mol. The Morgan fingerprint density at radius 2 is 2.03 bits per heavy atom. The molecule has 1 fully saturated rings. The van der Waals surface area contributed by atoms with Gasteiger partial charge in [0.25, 0.3) is 0 Å². The lowest BCUT2D eigenvalue weighted by Crippen LogP contribution is -2.23. The molecule has 31 heavy (non-hydrogen) atoms. The number of methoxy groups -OCH3 is 1. The Bertz CT molecular complexity index is 1100. The molecule has 1 aromatic heterocycles. The average molecular weight is 432 g/mol. The van der Waals surface area contributed by atoms with Gasteiger partial charge in [0.05, 0.1) is 24.9 Å². The van der Waals surface area contributed by atoms with E-state index in [9.17, 15) is 17.6 Å². The van der Waals surface area contributed by atoms with E-state index in [0.29, 0.717) is 35.6 Å². The number of aromatic nitrogens is 2. The molecule has 3 aromatic rings. The van der Waals surface area contributed by atoms with Crippen LogP contribution in [0.25, 0.3) is 11.1 Å². The minimum Gasteiger partial charge on any atom is -0.494 e. The quantitative estimate of drug-likeness (QED) is 0.527. The number of alkyl halides is 3. The molecule has 4 rings (SSSR count). The van der Waals surface area contributed by atoms with E-state index >= 15 is 0 Å². The summed E-state index contributed by atoms with van der Waals surface area (Å²) < 4.78 is 59.9. The van der Waals surface area contributed by atoms with Crippen molar-refractivity contribution >= 4 is 11.4 Å². The zero-order valence-electron chi connectivity index (χ0n) is 16.6. The van der Waals surface area contributed by atoms with E-state index in [0.717, 1.165) is 6.07 Å². The molecule has 1 atom stereocenters. The maximum Gasteiger partial charge on any atom is 0.417 e. The van der Waals surface area contributed by atoms with Gasteiger partial charge in [0.2, 0.25) is 0 Å². The third kappa shape index (κ3) is 4.08. The number of hydrogen-bond donors (Lipinski definition) is 2. The van der Waals surface area contributed by atoms with Crippen molar-refractivity contribution in [1.82, 2.24) is 10.2 Å². The molecular weight excluding hydrogens is 412 g/mol. The summed E-state index contributed by atoms with van der Waals surface area (Å²) in [6, 6.07) is 8.42. The van der Waals surface area contributed by atoms with Gasteiger partial charge in [0, 0.05) is 41.4 Å². The minimum absolute atomic E-state index is 0.0582. The van der Waals surface area contributed by atoms with Gasteiger partial charge >= 0.3 is 6.18 Å². The molecule has 5 nitrogen and oxygen atoms in total. The van der Waals surface area contributed by atoms with Crippen molar-refractivity contribution in [2.24, 2.45) is 0 Å². The van der Waals surface area contributed by atoms with E-state index in [-0.39, 0.29) is 17.4 Å². The lowest BCUT2D eigenvalue weighted by Gasteiger charge is -2.24. The highest BCUT2D eigenvalue weighted by Crippen LogP contribution is 2.40. The molecule has 0 amide bonds. The second kappa shape index (κ2) is 7.98. The molecule has 1 aliphatic rings. The maximum atomic E-state index is 13.7. The summed E-state index contributed by atoms with van der Waals surface area (Å²) in [5.41, 5.74) is 1.36. The van der Waals surface area contributed by atoms with Gasteiger partial charge in [-0.3, -0.25) is 5.10 Å². The third-order valence-corrected chi connectivity index (χ3v) is 5.31. The number of benzene rings is 2. The van der Waals surface area contributed by atoms with Crippen molar-refractivity contribution in [3.05, 3.63) is 72.4 Å². The van der Waals surface area contributed by atoms with Crippen LogP contribution in [0.15, 0.2) is 61.1 Å². The van der Waals surface area contributed by atoms with E-state index < -0.39 is 17.6 Å². The molecule has 1 saturated heterocycles. The molecule has 1 unspecified atom stereocenters. The molecule has 0 spiro atoms. The molecular formula is C22H20F4N4O. The fraction of sp³-hybridized carbons (Fsp3) is 0.227. The van der Waals surface area contributed by atoms with Crippen LogP contribution < -0.4 is 15.0 Å². The third-order valence-electron chi connectivity index (χ3n) is 5.31. The van der Waals surface area contributed by atoms with Crippen LogP contribution in [0.4, 0.5) is 28.9 Å². The van der Waals surface area contributed by atoms with Gasteiger partial charge in [-0.15, -0.1) is 0 Å². The smallest absolute Gasteiger partial charge is 0.417 e. The van der Waals surface area contributed by atoms with Crippen LogP contribution in [0.3, 0.4) is 0 Å². The summed E-state index contributed by atoms with van der Waals surface area (Å²) in [5.74, 6) is -0.368. The number of ether oxygens (including phenoxy) is 1. The molecule has 0 aliphatic carbocycles. The standard InChI is InChI=1S/C22H20F4N4O/c1-13-20(29-15-3-6-19(23)21(9-15)31-2)7-8-30(13)16-4-5-17(14-11-27-28-12-14)18(10-16)22(24,25)26/h3-6,9-12,20,29H,1,7-8H2,2H3,(H,27,28).